The highest BCUT2D eigenvalue weighted by atomic mass is 35.5. The van der Waals surface area contributed by atoms with Crippen LogP contribution in [0.1, 0.15) is 38.2 Å². The molecule has 1 fully saturated rings. The lowest BCUT2D eigenvalue weighted by Crippen LogP contribution is -2.39. The zero-order valence-corrected chi connectivity index (χ0v) is 17.1. The van der Waals surface area contributed by atoms with Gasteiger partial charge in [-0.25, -0.2) is 4.79 Å². The topological polar surface area (TPSA) is 106 Å². The highest BCUT2D eigenvalue weighted by Gasteiger charge is 2.26. The van der Waals surface area contributed by atoms with Gasteiger partial charge in [0.15, 0.2) is 6.10 Å². The predicted octanol–water partition coefficient (Wildman–Crippen LogP) is 3.53. The number of carboxylic acid groups (broad SMARTS) is 1. The van der Waals surface area contributed by atoms with Crippen molar-refractivity contribution in [3.8, 4) is 5.75 Å². The summed E-state index contributed by atoms with van der Waals surface area (Å²) in [5.41, 5.74) is 0.622. The van der Waals surface area contributed by atoms with Gasteiger partial charge in [-0.1, -0.05) is 11.6 Å². The number of aliphatic carboxylic acids is 1. The van der Waals surface area contributed by atoms with Crippen molar-refractivity contribution in [2.24, 2.45) is 11.8 Å². The second-order valence-corrected chi connectivity index (χ2v) is 8.00. The molecule has 0 spiro atoms. The molecule has 7 nitrogen and oxygen atoms in total. The van der Waals surface area contributed by atoms with Gasteiger partial charge < -0.3 is 19.6 Å². The van der Waals surface area contributed by atoms with Gasteiger partial charge in [0.25, 0.3) is 5.91 Å². The quantitative estimate of drug-likeness (QED) is 0.691. The van der Waals surface area contributed by atoms with Crippen LogP contribution >= 0.6 is 11.6 Å². The number of halogens is 1. The maximum Gasteiger partial charge on any atom is 0.336 e. The number of hydrogen-bond donors (Lipinski definition) is 2. The van der Waals surface area contributed by atoms with Crippen molar-refractivity contribution < 1.29 is 23.8 Å². The van der Waals surface area contributed by atoms with Crippen LogP contribution in [0.2, 0.25) is 5.02 Å². The summed E-state index contributed by atoms with van der Waals surface area (Å²) in [6, 6.07) is 4.55. The number of carbonyl (C=O) groups excluding carboxylic acids is 1. The molecule has 0 aliphatic heterocycles. The molecule has 2 N–H and O–H groups in total. The fraction of sp³-hybridized carbons (Fsp3) is 0.476. The van der Waals surface area contributed by atoms with Crippen LogP contribution in [0.3, 0.4) is 0 Å². The first-order valence-corrected chi connectivity index (χ1v) is 10.0. The fourth-order valence-corrected chi connectivity index (χ4v) is 3.86. The van der Waals surface area contributed by atoms with Crippen LogP contribution in [0, 0.1) is 18.8 Å². The molecule has 156 valence electrons. The molecule has 0 saturated heterocycles. The minimum Gasteiger partial charge on any atom is -0.481 e. The Hall–Kier alpha value is -2.54. The number of hydrogen-bond acceptors (Lipinski definition) is 5. The van der Waals surface area contributed by atoms with E-state index in [-0.39, 0.29) is 23.5 Å². The smallest absolute Gasteiger partial charge is 0.336 e. The third-order valence-electron chi connectivity index (χ3n) is 5.44. The summed E-state index contributed by atoms with van der Waals surface area (Å²) < 4.78 is 10.9. The van der Waals surface area contributed by atoms with E-state index in [4.69, 9.17) is 25.9 Å². The van der Waals surface area contributed by atoms with Gasteiger partial charge in [0, 0.05) is 24.1 Å². The monoisotopic (exact) mass is 421 g/mol. The molecule has 3 rings (SSSR count). The third-order valence-corrected chi connectivity index (χ3v) is 5.73. The minimum atomic E-state index is -0.795. The average Bonchev–Trinajstić information content (AvgIpc) is 2.67. The largest absolute Gasteiger partial charge is 0.481 e. The Morgan fingerprint density at radius 3 is 2.62 bits per heavy atom. The van der Waals surface area contributed by atoms with Crippen LogP contribution in [0.4, 0.5) is 0 Å². The van der Waals surface area contributed by atoms with E-state index >= 15 is 0 Å². The Balaban J connectivity index is 1.59. The standard InChI is InChI=1S/C21H24ClNO6/c1-11-7-19(24)29-17-9-18(16(22)8-15(11)17)28-12(2)20(25)23-10-13-3-5-14(6-4-13)21(26)27/h7-9,12-14H,3-6,10H2,1-2H3,(H,23,25)(H,26,27). The molecule has 1 unspecified atom stereocenters. The molecule has 1 amide bonds. The van der Waals surface area contributed by atoms with E-state index in [2.05, 4.69) is 5.32 Å². The van der Waals surface area contributed by atoms with Crippen LogP contribution in [-0.4, -0.2) is 29.6 Å². The zero-order valence-electron chi connectivity index (χ0n) is 16.4. The van der Waals surface area contributed by atoms with Crippen molar-refractivity contribution in [1.82, 2.24) is 5.32 Å². The van der Waals surface area contributed by atoms with Gasteiger partial charge in [0.1, 0.15) is 11.3 Å². The number of amides is 1. The first kappa shape index (κ1) is 21.2. The van der Waals surface area contributed by atoms with Gasteiger partial charge in [0.05, 0.1) is 10.9 Å². The number of benzene rings is 1. The molecule has 1 aromatic carbocycles. The zero-order chi connectivity index (χ0) is 21.1. The summed E-state index contributed by atoms with van der Waals surface area (Å²) >= 11 is 6.28. The van der Waals surface area contributed by atoms with E-state index in [1.807, 2.05) is 0 Å². The third kappa shape index (κ3) is 5.09. The van der Waals surface area contributed by atoms with Gasteiger partial charge >= 0.3 is 11.6 Å². The van der Waals surface area contributed by atoms with E-state index in [0.717, 1.165) is 18.4 Å². The highest BCUT2D eigenvalue weighted by molar-refractivity contribution is 6.32. The Morgan fingerprint density at radius 1 is 1.28 bits per heavy atom. The molecule has 1 aromatic heterocycles. The summed E-state index contributed by atoms with van der Waals surface area (Å²) in [7, 11) is 0. The maximum absolute atomic E-state index is 12.4. The first-order valence-electron chi connectivity index (χ1n) is 9.65. The molecule has 29 heavy (non-hydrogen) atoms. The first-order chi connectivity index (χ1) is 13.7. The summed E-state index contributed by atoms with van der Waals surface area (Å²) in [6.45, 7) is 3.89. The molecular formula is C21H24ClNO6. The van der Waals surface area contributed by atoms with Crippen molar-refractivity contribution in [2.75, 3.05) is 6.54 Å². The molecule has 1 aliphatic carbocycles. The van der Waals surface area contributed by atoms with Crippen molar-refractivity contribution in [1.29, 1.82) is 0 Å². The fourth-order valence-electron chi connectivity index (χ4n) is 3.66. The van der Waals surface area contributed by atoms with E-state index in [1.165, 1.54) is 12.1 Å². The molecular weight excluding hydrogens is 398 g/mol. The minimum absolute atomic E-state index is 0.262. The number of carboxylic acids is 1. The lowest BCUT2D eigenvalue weighted by molar-refractivity contribution is -0.143. The van der Waals surface area contributed by atoms with Gasteiger partial charge in [-0.15, -0.1) is 0 Å². The molecule has 2 aromatic rings. The highest BCUT2D eigenvalue weighted by Crippen LogP contribution is 2.32. The van der Waals surface area contributed by atoms with Crippen LogP contribution < -0.4 is 15.7 Å². The number of carbonyl (C=O) groups is 2. The van der Waals surface area contributed by atoms with Gasteiger partial charge in [-0.05, 0) is 57.1 Å². The summed E-state index contributed by atoms with van der Waals surface area (Å²) in [4.78, 5) is 35.0. The van der Waals surface area contributed by atoms with Crippen LogP contribution in [0.25, 0.3) is 11.0 Å². The van der Waals surface area contributed by atoms with Crippen LogP contribution in [-0.2, 0) is 9.59 Å². The van der Waals surface area contributed by atoms with E-state index in [9.17, 15) is 14.4 Å². The maximum atomic E-state index is 12.4. The predicted molar refractivity (Wildman–Crippen MR) is 108 cm³/mol. The Morgan fingerprint density at radius 2 is 1.97 bits per heavy atom. The number of ether oxygens (including phenoxy) is 1. The van der Waals surface area contributed by atoms with Crippen molar-refractivity contribution in [3.05, 3.63) is 39.2 Å². The number of nitrogens with one attached hydrogen (secondary N) is 1. The Bertz CT molecular complexity index is 977. The van der Waals surface area contributed by atoms with Crippen LogP contribution in [0.15, 0.2) is 27.4 Å². The molecule has 1 saturated carbocycles. The van der Waals surface area contributed by atoms with E-state index < -0.39 is 17.7 Å². The van der Waals surface area contributed by atoms with Crippen molar-refractivity contribution >= 4 is 34.4 Å². The summed E-state index contributed by atoms with van der Waals surface area (Å²) in [6.07, 6.45) is 2.04. The average molecular weight is 422 g/mol. The lowest BCUT2D eigenvalue weighted by atomic mass is 9.82. The second kappa shape index (κ2) is 8.86. The van der Waals surface area contributed by atoms with E-state index in [1.54, 1.807) is 19.9 Å². The normalized spacial score (nSPS) is 20.2. The second-order valence-electron chi connectivity index (χ2n) is 7.59. The molecule has 1 heterocycles. The molecule has 1 atom stereocenters. The number of fused-ring (bicyclic) bond motifs is 1. The molecule has 0 radical (unpaired) electrons. The SMILES string of the molecule is Cc1cc(=O)oc2cc(OC(C)C(=O)NCC3CCC(C(=O)O)CC3)c(Cl)cc12. The van der Waals surface area contributed by atoms with Crippen molar-refractivity contribution in [3.63, 3.8) is 0 Å². The summed E-state index contributed by atoms with van der Waals surface area (Å²) in [5.74, 6) is -0.774. The van der Waals surface area contributed by atoms with Crippen LogP contribution in [0.5, 0.6) is 5.75 Å². The molecule has 1 aliphatic rings. The number of rotatable bonds is 6. The van der Waals surface area contributed by atoms with Gasteiger partial charge in [0.2, 0.25) is 0 Å². The Labute approximate surface area is 173 Å². The molecule has 0 bridgehead atoms. The van der Waals surface area contributed by atoms with Gasteiger partial charge in [-0.2, -0.15) is 0 Å². The van der Waals surface area contributed by atoms with Gasteiger partial charge in [-0.3, -0.25) is 9.59 Å². The number of aryl methyl sites for hydroxylation is 1. The Kier molecular flexibility index (Phi) is 6.47. The van der Waals surface area contributed by atoms with Crippen molar-refractivity contribution in [2.45, 2.75) is 45.6 Å². The lowest BCUT2D eigenvalue weighted by Gasteiger charge is -2.26. The van der Waals surface area contributed by atoms with E-state index in [0.29, 0.717) is 35.4 Å². The summed E-state index contributed by atoms with van der Waals surface area (Å²) in [5, 5.41) is 12.9. The molecule has 8 heteroatoms.